The van der Waals surface area contributed by atoms with E-state index in [2.05, 4.69) is 18.3 Å². The Kier molecular flexibility index (Phi) is 4.21. The van der Waals surface area contributed by atoms with Crippen LogP contribution in [-0.2, 0) is 11.2 Å². The Morgan fingerprint density at radius 3 is 2.47 bits per heavy atom. The van der Waals surface area contributed by atoms with E-state index in [1.54, 1.807) is 0 Å². The molecule has 1 aliphatic carbocycles. The predicted octanol–water partition coefficient (Wildman–Crippen LogP) is 3.66. The Morgan fingerprint density at radius 1 is 1.26 bits per heavy atom. The monoisotopic (exact) mass is 256 g/mol. The Labute approximate surface area is 114 Å². The molecule has 0 radical (unpaired) electrons. The highest BCUT2D eigenvalue weighted by Gasteiger charge is 2.34. The van der Waals surface area contributed by atoms with Gasteiger partial charge < -0.3 is 5.32 Å². The molecule has 1 saturated carbocycles. The van der Waals surface area contributed by atoms with Crippen LogP contribution < -0.4 is 5.32 Å². The summed E-state index contributed by atoms with van der Waals surface area (Å²) in [5.41, 5.74) is 1.58. The molecule has 1 fully saturated rings. The molecule has 0 aromatic heterocycles. The lowest BCUT2D eigenvalue weighted by molar-refractivity contribution is -0.126. The molecule has 0 saturated heterocycles. The van der Waals surface area contributed by atoms with E-state index < -0.39 is 0 Å². The Bertz CT molecular complexity index is 478. The van der Waals surface area contributed by atoms with Crippen LogP contribution in [0.3, 0.4) is 0 Å². The molecule has 2 rings (SSSR count). The lowest BCUT2D eigenvalue weighted by Crippen LogP contribution is -2.35. The summed E-state index contributed by atoms with van der Waals surface area (Å²) in [6, 6.07) is 9.64. The average molecular weight is 256 g/mol. The number of nitrogens with one attached hydrogen (secondary N) is 1. The molecule has 3 nitrogen and oxygen atoms in total. The van der Waals surface area contributed by atoms with Crippen LogP contribution in [0.25, 0.3) is 0 Å². The van der Waals surface area contributed by atoms with E-state index in [0.717, 1.165) is 36.9 Å². The second-order valence-corrected chi connectivity index (χ2v) is 5.61. The van der Waals surface area contributed by atoms with Crippen molar-refractivity contribution in [2.24, 2.45) is 5.41 Å². The highest BCUT2D eigenvalue weighted by molar-refractivity contribution is 5.95. The van der Waals surface area contributed by atoms with E-state index in [1.807, 2.05) is 24.3 Å². The summed E-state index contributed by atoms with van der Waals surface area (Å²) in [5.74, 6) is 0.125. The van der Waals surface area contributed by atoms with Crippen molar-refractivity contribution in [3.05, 3.63) is 29.8 Å². The van der Waals surface area contributed by atoms with Gasteiger partial charge in [0.1, 0.15) is 0 Å². The molecule has 0 spiro atoms. The number of benzene rings is 1. The number of anilines is 1. The van der Waals surface area contributed by atoms with Gasteiger partial charge >= 0.3 is 0 Å². The molecular weight excluding hydrogens is 236 g/mol. The largest absolute Gasteiger partial charge is 0.326 e. The molecule has 100 valence electrons. The fourth-order valence-electron chi connectivity index (χ4n) is 2.64. The maximum atomic E-state index is 12.3. The number of nitriles is 1. The van der Waals surface area contributed by atoms with Crippen molar-refractivity contribution >= 4 is 11.6 Å². The molecule has 1 N–H and O–H groups in total. The lowest BCUT2D eigenvalue weighted by Gasteiger charge is -2.32. The van der Waals surface area contributed by atoms with Gasteiger partial charge in [0, 0.05) is 11.1 Å². The normalized spacial score (nSPS) is 17.5. The van der Waals surface area contributed by atoms with Crippen LogP contribution in [0.15, 0.2) is 24.3 Å². The maximum absolute atomic E-state index is 12.3. The number of hydrogen-bond donors (Lipinski definition) is 1. The van der Waals surface area contributed by atoms with Crippen LogP contribution in [0.4, 0.5) is 5.69 Å². The van der Waals surface area contributed by atoms with Crippen LogP contribution in [0, 0.1) is 16.7 Å². The average Bonchev–Trinajstić information content (AvgIpc) is 2.42. The van der Waals surface area contributed by atoms with Crippen LogP contribution in [0.1, 0.15) is 44.6 Å². The molecular formula is C16H20N2O. The van der Waals surface area contributed by atoms with Crippen molar-refractivity contribution in [2.75, 3.05) is 5.32 Å². The van der Waals surface area contributed by atoms with Crippen LogP contribution in [0.2, 0.25) is 0 Å². The first kappa shape index (κ1) is 13.6. The fourth-order valence-corrected chi connectivity index (χ4v) is 2.64. The van der Waals surface area contributed by atoms with Crippen molar-refractivity contribution in [1.82, 2.24) is 0 Å². The first-order valence-electron chi connectivity index (χ1n) is 6.91. The van der Waals surface area contributed by atoms with E-state index in [9.17, 15) is 4.79 Å². The molecule has 0 heterocycles. The van der Waals surface area contributed by atoms with Gasteiger partial charge in [-0.3, -0.25) is 4.79 Å². The van der Waals surface area contributed by atoms with Crippen molar-refractivity contribution < 1.29 is 4.79 Å². The van der Waals surface area contributed by atoms with Gasteiger partial charge in [-0.25, -0.2) is 0 Å². The van der Waals surface area contributed by atoms with Gasteiger partial charge in [-0.05, 0) is 30.5 Å². The summed E-state index contributed by atoms with van der Waals surface area (Å²) in [6.07, 6.45) is 5.89. The number of nitrogens with zero attached hydrogens (tertiary/aromatic N) is 1. The summed E-state index contributed by atoms with van der Waals surface area (Å²) in [7, 11) is 0. The zero-order valence-corrected chi connectivity index (χ0v) is 11.4. The molecule has 0 atom stereocenters. The molecule has 0 bridgehead atoms. The SMILES string of the molecule is CC1(C(=O)Nc2ccc(CC#N)cc2)CCCCC1. The van der Waals surface area contributed by atoms with E-state index in [4.69, 9.17) is 5.26 Å². The van der Waals surface area contributed by atoms with Gasteiger partial charge in [-0.1, -0.05) is 38.3 Å². The Hall–Kier alpha value is -1.82. The topological polar surface area (TPSA) is 52.9 Å². The third-order valence-corrected chi connectivity index (χ3v) is 4.00. The standard InChI is InChI=1S/C16H20N2O/c1-16(10-3-2-4-11-16)15(19)18-14-7-5-13(6-8-14)9-12-17/h5-8H,2-4,9-11H2,1H3,(H,18,19). The Balaban J connectivity index is 2.00. The van der Waals surface area contributed by atoms with Crippen LogP contribution in [0.5, 0.6) is 0 Å². The summed E-state index contributed by atoms with van der Waals surface area (Å²) < 4.78 is 0. The van der Waals surface area contributed by atoms with Crippen molar-refractivity contribution in [3.8, 4) is 6.07 Å². The van der Waals surface area contributed by atoms with Gasteiger partial charge in [-0.15, -0.1) is 0 Å². The third kappa shape index (κ3) is 3.35. The highest BCUT2D eigenvalue weighted by Crippen LogP contribution is 2.36. The fraction of sp³-hybridized carbons (Fsp3) is 0.500. The predicted molar refractivity (Wildman–Crippen MR) is 75.6 cm³/mol. The minimum absolute atomic E-state index is 0.125. The third-order valence-electron chi connectivity index (χ3n) is 4.00. The minimum atomic E-state index is -0.219. The van der Waals surface area contributed by atoms with Gasteiger partial charge in [0.25, 0.3) is 0 Å². The Morgan fingerprint density at radius 2 is 1.89 bits per heavy atom. The molecule has 3 heteroatoms. The summed E-state index contributed by atoms with van der Waals surface area (Å²) in [5, 5.41) is 11.6. The maximum Gasteiger partial charge on any atom is 0.230 e. The quantitative estimate of drug-likeness (QED) is 0.897. The summed E-state index contributed by atoms with van der Waals surface area (Å²) in [6.45, 7) is 2.06. The molecule has 1 aromatic rings. The molecule has 0 unspecified atom stereocenters. The molecule has 1 aromatic carbocycles. The molecule has 1 amide bonds. The number of carbonyl (C=O) groups excluding carboxylic acids is 1. The second kappa shape index (κ2) is 5.88. The van der Waals surface area contributed by atoms with E-state index in [1.165, 1.54) is 6.42 Å². The summed E-state index contributed by atoms with van der Waals surface area (Å²) in [4.78, 5) is 12.3. The van der Waals surface area contributed by atoms with E-state index in [-0.39, 0.29) is 11.3 Å². The number of rotatable bonds is 3. The second-order valence-electron chi connectivity index (χ2n) is 5.61. The van der Waals surface area contributed by atoms with Gasteiger partial charge in [0.2, 0.25) is 5.91 Å². The molecule has 0 aliphatic heterocycles. The van der Waals surface area contributed by atoms with Crippen molar-refractivity contribution in [3.63, 3.8) is 0 Å². The lowest BCUT2D eigenvalue weighted by atomic mass is 9.75. The van der Waals surface area contributed by atoms with Crippen LogP contribution in [-0.4, -0.2) is 5.91 Å². The van der Waals surface area contributed by atoms with Crippen LogP contribution >= 0.6 is 0 Å². The van der Waals surface area contributed by atoms with Gasteiger partial charge in [-0.2, -0.15) is 5.26 Å². The number of hydrogen-bond acceptors (Lipinski definition) is 2. The number of amides is 1. The van der Waals surface area contributed by atoms with Crippen molar-refractivity contribution in [1.29, 1.82) is 5.26 Å². The zero-order chi connectivity index (χ0) is 13.7. The summed E-state index contributed by atoms with van der Waals surface area (Å²) >= 11 is 0. The number of carbonyl (C=O) groups is 1. The van der Waals surface area contributed by atoms with E-state index >= 15 is 0 Å². The first-order valence-corrected chi connectivity index (χ1v) is 6.91. The zero-order valence-electron chi connectivity index (χ0n) is 11.4. The van der Waals surface area contributed by atoms with Gasteiger partial charge in [0.15, 0.2) is 0 Å². The molecule has 19 heavy (non-hydrogen) atoms. The van der Waals surface area contributed by atoms with Crippen molar-refractivity contribution in [2.45, 2.75) is 45.4 Å². The first-order chi connectivity index (χ1) is 9.14. The van der Waals surface area contributed by atoms with E-state index in [0.29, 0.717) is 6.42 Å². The smallest absolute Gasteiger partial charge is 0.230 e. The molecule has 1 aliphatic rings. The van der Waals surface area contributed by atoms with Gasteiger partial charge in [0.05, 0.1) is 12.5 Å². The minimum Gasteiger partial charge on any atom is -0.326 e. The highest BCUT2D eigenvalue weighted by atomic mass is 16.2.